The summed E-state index contributed by atoms with van der Waals surface area (Å²) < 4.78 is 2.08. The number of hydrogen-bond donors (Lipinski definition) is 0. The number of benzene rings is 2. The van der Waals surface area contributed by atoms with Crippen molar-refractivity contribution in [3.63, 3.8) is 0 Å². The van der Waals surface area contributed by atoms with Gasteiger partial charge in [0.25, 0.3) is 0 Å². The fourth-order valence-corrected chi connectivity index (χ4v) is 4.36. The van der Waals surface area contributed by atoms with Gasteiger partial charge < -0.3 is 9.47 Å². The number of amides is 1. The van der Waals surface area contributed by atoms with Gasteiger partial charge in [-0.2, -0.15) is 0 Å². The van der Waals surface area contributed by atoms with Crippen molar-refractivity contribution < 1.29 is 4.79 Å². The predicted molar refractivity (Wildman–Crippen MR) is 109 cm³/mol. The zero-order chi connectivity index (χ0) is 19.1. The van der Waals surface area contributed by atoms with E-state index in [2.05, 4.69) is 43.4 Å². The lowest BCUT2D eigenvalue weighted by molar-refractivity contribution is -0.117. The molecule has 0 saturated carbocycles. The van der Waals surface area contributed by atoms with Crippen LogP contribution < -0.4 is 4.90 Å². The van der Waals surface area contributed by atoms with E-state index in [1.165, 1.54) is 5.56 Å². The summed E-state index contributed by atoms with van der Waals surface area (Å²) in [6.07, 6.45) is 6.06. The number of carbonyl (C=O) groups excluding carboxylic acids is 1. The minimum Gasteiger partial charge on any atom is -0.316 e. The second-order valence-corrected chi connectivity index (χ2v) is 7.40. The van der Waals surface area contributed by atoms with Crippen molar-refractivity contribution in [3.05, 3.63) is 58.9 Å². The molecule has 1 saturated heterocycles. The van der Waals surface area contributed by atoms with E-state index in [0.29, 0.717) is 19.5 Å². The molecule has 1 aliphatic heterocycles. The SMILES string of the molecule is C#CCn1c(C2CC(=O)N(c3c(C)cc(C)cc3C)C2)nc2ccccc21. The van der Waals surface area contributed by atoms with Gasteiger partial charge >= 0.3 is 0 Å². The average molecular weight is 357 g/mol. The lowest BCUT2D eigenvalue weighted by Crippen LogP contribution is -2.26. The van der Waals surface area contributed by atoms with Gasteiger partial charge in [-0.1, -0.05) is 35.7 Å². The zero-order valence-corrected chi connectivity index (χ0v) is 16.0. The predicted octanol–water partition coefficient (Wildman–Crippen LogP) is 4.12. The van der Waals surface area contributed by atoms with Crippen LogP contribution in [0.4, 0.5) is 5.69 Å². The van der Waals surface area contributed by atoms with Gasteiger partial charge in [0, 0.05) is 24.6 Å². The van der Waals surface area contributed by atoms with E-state index in [0.717, 1.165) is 33.7 Å². The summed E-state index contributed by atoms with van der Waals surface area (Å²) in [5, 5.41) is 0. The molecule has 27 heavy (non-hydrogen) atoms. The molecule has 1 amide bonds. The van der Waals surface area contributed by atoms with Crippen LogP contribution in [0.15, 0.2) is 36.4 Å². The molecule has 4 rings (SSSR count). The molecule has 0 aliphatic carbocycles. The van der Waals surface area contributed by atoms with E-state index >= 15 is 0 Å². The molecule has 2 heterocycles. The second-order valence-electron chi connectivity index (χ2n) is 7.40. The van der Waals surface area contributed by atoms with Crippen molar-refractivity contribution in [1.29, 1.82) is 0 Å². The van der Waals surface area contributed by atoms with Crippen molar-refractivity contribution in [1.82, 2.24) is 9.55 Å². The Kier molecular flexibility index (Phi) is 4.24. The third-order valence-corrected chi connectivity index (χ3v) is 5.33. The molecule has 136 valence electrons. The maximum atomic E-state index is 12.9. The number of aryl methyl sites for hydroxylation is 3. The van der Waals surface area contributed by atoms with Gasteiger partial charge in [-0.25, -0.2) is 4.98 Å². The normalized spacial score (nSPS) is 16.9. The Morgan fingerprint density at radius 1 is 1.19 bits per heavy atom. The molecule has 0 radical (unpaired) electrons. The highest BCUT2D eigenvalue weighted by molar-refractivity contribution is 5.98. The van der Waals surface area contributed by atoms with Crippen LogP contribution in [0.3, 0.4) is 0 Å². The Morgan fingerprint density at radius 2 is 1.89 bits per heavy atom. The molecule has 1 fully saturated rings. The van der Waals surface area contributed by atoms with E-state index in [4.69, 9.17) is 11.4 Å². The first-order valence-electron chi connectivity index (χ1n) is 9.26. The molecule has 1 aromatic heterocycles. The number of imidazole rings is 1. The Hall–Kier alpha value is -3.06. The van der Waals surface area contributed by atoms with Gasteiger partial charge in [0.1, 0.15) is 5.82 Å². The number of carbonyl (C=O) groups is 1. The summed E-state index contributed by atoms with van der Waals surface area (Å²) in [6, 6.07) is 12.3. The molecule has 3 aromatic rings. The minimum atomic E-state index is 0.0401. The maximum absolute atomic E-state index is 12.9. The highest BCUT2D eigenvalue weighted by Gasteiger charge is 2.35. The molecule has 1 aliphatic rings. The van der Waals surface area contributed by atoms with E-state index < -0.39 is 0 Å². The van der Waals surface area contributed by atoms with Crippen LogP contribution in [0, 0.1) is 33.1 Å². The zero-order valence-electron chi connectivity index (χ0n) is 16.0. The number of rotatable bonds is 3. The lowest BCUT2D eigenvalue weighted by Gasteiger charge is -2.22. The van der Waals surface area contributed by atoms with Crippen molar-refractivity contribution in [3.8, 4) is 12.3 Å². The Bertz CT molecular complexity index is 1060. The largest absolute Gasteiger partial charge is 0.316 e. The fraction of sp³-hybridized carbons (Fsp3) is 0.304. The highest BCUT2D eigenvalue weighted by atomic mass is 16.2. The minimum absolute atomic E-state index is 0.0401. The van der Waals surface area contributed by atoms with Gasteiger partial charge in [0.05, 0.1) is 17.6 Å². The number of nitrogens with zero attached hydrogens (tertiary/aromatic N) is 3. The topological polar surface area (TPSA) is 38.1 Å². The van der Waals surface area contributed by atoms with Crippen LogP contribution in [-0.2, 0) is 11.3 Å². The van der Waals surface area contributed by atoms with Crippen LogP contribution in [-0.4, -0.2) is 22.0 Å². The summed E-state index contributed by atoms with van der Waals surface area (Å²) >= 11 is 0. The maximum Gasteiger partial charge on any atom is 0.227 e. The molecule has 0 spiro atoms. The van der Waals surface area contributed by atoms with Crippen LogP contribution in [0.5, 0.6) is 0 Å². The molecule has 4 heteroatoms. The fourth-order valence-electron chi connectivity index (χ4n) is 4.36. The summed E-state index contributed by atoms with van der Waals surface area (Å²) in [5.74, 6) is 3.83. The number of hydrogen-bond acceptors (Lipinski definition) is 2. The van der Waals surface area contributed by atoms with E-state index in [9.17, 15) is 4.79 Å². The second kappa shape index (κ2) is 6.59. The standard InChI is InChI=1S/C23H23N3O/c1-5-10-25-20-9-7-6-8-19(20)24-23(25)18-13-21(27)26(14-18)22-16(3)11-15(2)12-17(22)4/h1,6-9,11-12,18H,10,13-14H2,2-4H3. The third kappa shape index (κ3) is 2.90. The molecule has 2 aromatic carbocycles. The highest BCUT2D eigenvalue weighted by Crippen LogP contribution is 2.36. The Morgan fingerprint density at radius 3 is 2.59 bits per heavy atom. The molecular weight excluding hydrogens is 334 g/mol. The van der Waals surface area contributed by atoms with Gasteiger partial charge in [-0.3, -0.25) is 4.79 Å². The number of anilines is 1. The molecule has 1 atom stereocenters. The number of fused-ring (bicyclic) bond motifs is 1. The monoisotopic (exact) mass is 357 g/mol. The first-order valence-corrected chi connectivity index (χ1v) is 9.26. The van der Waals surface area contributed by atoms with Crippen LogP contribution in [0.25, 0.3) is 11.0 Å². The molecule has 1 unspecified atom stereocenters. The van der Waals surface area contributed by atoms with Crippen LogP contribution >= 0.6 is 0 Å². The number of terminal acetylenes is 1. The Labute approximate surface area is 159 Å². The quantitative estimate of drug-likeness (QED) is 0.662. The summed E-state index contributed by atoms with van der Waals surface area (Å²) in [4.78, 5) is 19.6. The molecular formula is C23H23N3O. The van der Waals surface area contributed by atoms with Crippen LogP contribution in [0.1, 0.15) is 34.9 Å². The first kappa shape index (κ1) is 17.4. The van der Waals surface area contributed by atoms with Gasteiger partial charge in [0.2, 0.25) is 5.91 Å². The molecule has 0 N–H and O–H groups in total. The average Bonchev–Trinajstić information content (AvgIpc) is 3.16. The van der Waals surface area contributed by atoms with Crippen molar-refractivity contribution in [2.75, 3.05) is 11.4 Å². The Balaban J connectivity index is 1.75. The third-order valence-electron chi connectivity index (χ3n) is 5.33. The molecule has 4 nitrogen and oxygen atoms in total. The van der Waals surface area contributed by atoms with Gasteiger partial charge in [-0.15, -0.1) is 6.42 Å². The van der Waals surface area contributed by atoms with E-state index in [1.807, 2.05) is 29.2 Å². The summed E-state index contributed by atoms with van der Waals surface area (Å²) in [7, 11) is 0. The van der Waals surface area contributed by atoms with Gasteiger partial charge in [-0.05, 0) is 44.0 Å². The van der Waals surface area contributed by atoms with E-state index in [-0.39, 0.29) is 11.8 Å². The van der Waals surface area contributed by atoms with Crippen molar-refractivity contribution in [2.24, 2.45) is 0 Å². The summed E-state index contributed by atoms with van der Waals surface area (Å²) in [6.45, 7) is 7.33. The van der Waals surface area contributed by atoms with Gasteiger partial charge in [0.15, 0.2) is 0 Å². The number of para-hydroxylation sites is 2. The lowest BCUT2D eigenvalue weighted by atomic mass is 10.0. The van der Waals surface area contributed by atoms with Crippen molar-refractivity contribution >= 4 is 22.6 Å². The first-order chi connectivity index (χ1) is 13.0. The smallest absolute Gasteiger partial charge is 0.227 e. The van der Waals surface area contributed by atoms with Crippen LogP contribution in [0.2, 0.25) is 0 Å². The van der Waals surface area contributed by atoms with Crippen molar-refractivity contribution in [2.45, 2.75) is 39.7 Å². The molecule has 0 bridgehead atoms. The number of aromatic nitrogens is 2. The van der Waals surface area contributed by atoms with E-state index in [1.54, 1.807) is 0 Å². The summed E-state index contributed by atoms with van der Waals surface area (Å²) in [5.41, 5.74) is 6.48.